The lowest BCUT2D eigenvalue weighted by molar-refractivity contribution is -0.116. The molecule has 1 N–H and O–H groups in total. The minimum atomic E-state index is -0.175. The smallest absolute Gasteiger partial charge is 0.252 e. The molecule has 0 saturated carbocycles. The van der Waals surface area contributed by atoms with Crippen LogP contribution in [0.2, 0.25) is 0 Å². The lowest BCUT2D eigenvalue weighted by atomic mass is 10.3. The molecule has 0 aromatic carbocycles. The van der Waals surface area contributed by atoms with Gasteiger partial charge in [-0.15, -0.1) is 0 Å². The van der Waals surface area contributed by atoms with Crippen LogP contribution in [0.1, 0.15) is 8.35 Å². The second-order valence-corrected chi connectivity index (χ2v) is 1.77. The van der Waals surface area contributed by atoms with E-state index in [1.165, 1.54) is 12.3 Å². The third-order valence-corrected chi connectivity index (χ3v) is 1.07. The zero-order valence-corrected chi connectivity index (χ0v) is 6.79. The molecule has 0 aromatic rings. The number of hydrogen-bond donors (Lipinski definition) is 1. The van der Waals surface area contributed by atoms with Gasteiger partial charge in [0.2, 0.25) is 0 Å². The van der Waals surface area contributed by atoms with Crippen LogP contribution in [0.25, 0.3) is 0 Å². The van der Waals surface area contributed by atoms with Gasteiger partial charge in [-0.05, 0) is 6.92 Å². The minimum Gasteiger partial charge on any atom is -0.355 e. The molecule has 0 heterocycles. The standard InChI is InChI=1S/C8H12N2O.H2/c1-4-7(6-10-5-2)8(11)9-3;/h4-6H,1H2,2-3H3,(H,9,11);1H/b7-6+,10-5?;. The Morgan fingerprint density at radius 3 is 2.73 bits per heavy atom. The molecule has 1 amide bonds. The predicted molar refractivity (Wildman–Crippen MR) is 48.6 cm³/mol. The van der Waals surface area contributed by atoms with Crippen LogP contribution in [0.5, 0.6) is 0 Å². The van der Waals surface area contributed by atoms with E-state index in [1.54, 1.807) is 20.2 Å². The van der Waals surface area contributed by atoms with Crippen molar-refractivity contribution in [3.05, 3.63) is 24.4 Å². The van der Waals surface area contributed by atoms with E-state index in [0.717, 1.165) is 0 Å². The molecular formula is C8H14N2O. The molecule has 0 aliphatic heterocycles. The highest BCUT2D eigenvalue weighted by molar-refractivity contribution is 5.95. The van der Waals surface area contributed by atoms with Crippen molar-refractivity contribution in [1.29, 1.82) is 0 Å². The molecule has 0 aromatic heterocycles. The van der Waals surface area contributed by atoms with Crippen molar-refractivity contribution >= 4 is 12.1 Å². The lowest BCUT2D eigenvalue weighted by Gasteiger charge is -1.96. The number of carbonyl (C=O) groups excluding carboxylic acids is 1. The van der Waals surface area contributed by atoms with Crippen molar-refractivity contribution in [2.75, 3.05) is 7.05 Å². The summed E-state index contributed by atoms with van der Waals surface area (Å²) in [6, 6.07) is 0. The van der Waals surface area contributed by atoms with E-state index in [0.29, 0.717) is 5.57 Å². The fraction of sp³-hybridized carbons (Fsp3) is 0.250. The predicted octanol–water partition coefficient (Wildman–Crippen LogP) is 1.14. The third-order valence-electron chi connectivity index (χ3n) is 1.07. The first-order chi connectivity index (χ1) is 5.26. The van der Waals surface area contributed by atoms with Crippen LogP contribution in [0.4, 0.5) is 0 Å². The molecule has 0 rings (SSSR count). The van der Waals surface area contributed by atoms with Crippen LogP contribution in [0.3, 0.4) is 0 Å². The second-order valence-electron chi connectivity index (χ2n) is 1.77. The molecule has 11 heavy (non-hydrogen) atoms. The summed E-state index contributed by atoms with van der Waals surface area (Å²) in [5.41, 5.74) is 0.464. The number of amides is 1. The van der Waals surface area contributed by atoms with Gasteiger partial charge < -0.3 is 5.32 Å². The van der Waals surface area contributed by atoms with Gasteiger partial charge in [0, 0.05) is 20.9 Å². The molecule has 0 fully saturated rings. The van der Waals surface area contributed by atoms with Crippen molar-refractivity contribution < 1.29 is 6.22 Å². The Morgan fingerprint density at radius 2 is 2.36 bits per heavy atom. The van der Waals surface area contributed by atoms with E-state index in [-0.39, 0.29) is 7.33 Å². The topological polar surface area (TPSA) is 41.5 Å². The second kappa shape index (κ2) is 5.41. The highest BCUT2D eigenvalue weighted by atomic mass is 16.1. The van der Waals surface area contributed by atoms with E-state index in [1.807, 2.05) is 0 Å². The van der Waals surface area contributed by atoms with Crippen LogP contribution in [0.15, 0.2) is 29.4 Å². The van der Waals surface area contributed by atoms with Crippen LogP contribution in [-0.2, 0) is 4.79 Å². The zero-order chi connectivity index (χ0) is 8.69. The largest absolute Gasteiger partial charge is 0.355 e. The Morgan fingerprint density at radius 1 is 1.73 bits per heavy atom. The maximum Gasteiger partial charge on any atom is 0.252 e. The molecule has 0 unspecified atom stereocenters. The summed E-state index contributed by atoms with van der Waals surface area (Å²) >= 11 is 0. The first-order valence-corrected chi connectivity index (χ1v) is 3.28. The average Bonchev–Trinajstić information content (AvgIpc) is 2.05. The number of rotatable bonds is 3. The first-order valence-electron chi connectivity index (χ1n) is 3.28. The number of hydrogen-bond acceptors (Lipinski definition) is 2. The summed E-state index contributed by atoms with van der Waals surface area (Å²) in [4.78, 5) is 14.7. The highest BCUT2D eigenvalue weighted by Gasteiger charge is 1.99. The fourth-order valence-corrected chi connectivity index (χ4v) is 0.503. The van der Waals surface area contributed by atoms with Crippen molar-refractivity contribution in [1.82, 2.24) is 5.32 Å². The molecule has 0 bridgehead atoms. The first kappa shape index (κ1) is 9.62. The van der Waals surface area contributed by atoms with E-state index in [4.69, 9.17) is 0 Å². The van der Waals surface area contributed by atoms with E-state index in [9.17, 15) is 4.79 Å². The molecule has 0 spiro atoms. The van der Waals surface area contributed by atoms with E-state index < -0.39 is 0 Å². The zero-order valence-electron chi connectivity index (χ0n) is 6.79. The van der Waals surface area contributed by atoms with Crippen LogP contribution < -0.4 is 5.32 Å². The number of carbonyl (C=O) groups is 1. The van der Waals surface area contributed by atoms with Crippen molar-refractivity contribution in [3.8, 4) is 0 Å². The van der Waals surface area contributed by atoms with Gasteiger partial charge in [0.25, 0.3) is 5.91 Å². The van der Waals surface area contributed by atoms with Gasteiger partial charge in [0.1, 0.15) is 0 Å². The molecule has 0 radical (unpaired) electrons. The van der Waals surface area contributed by atoms with E-state index in [2.05, 4.69) is 16.9 Å². The molecular weight excluding hydrogens is 140 g/mol. The summed E-state index contributed by atoms with van der Waals surface area (Å²) in [7, 11) is 1.56. The van der Waals surface area contributed by atoms with Gasteiger partial charge in [-0.1, -0.05) is 12.7 Å². The van der Waals surface area contributed by atoms with Crippen molar-refractivity contribution in [2.45, 2.75) is 6.92 Å². The maximum absolute atomic E-state index is 10.9. The minimum absolute atomic E-state index is 0. The Kier molecular flexibility index (Phi) is 4.73. The quantitative estimate of drug-likeness (QED) is 0.369. The Hall–Kier alpha value is -1.38. The molecule has 0 saturated heterocycles. The molecule has 0 aliphatic rings. The third kappa shape index (κ3) is 3.35. The molecule has 0 atom stereocenters. The van der Waals surface area contributed by atoms with Crippen LogP contribution >= 0.6 is 0 Å². The van der Waals surface area contributed by atoms with Gasteiger partial charge in [0.15, 0.2) is 0 Å². The van der Waals surface area contributed by atoms with Gasteiger partial charge in [0.05, 0.1) is 5.57 Å². The summed E-state index contributed by atoms with van der Waals surface area (Å²) in [5.74, 6) is -0.175. The van der Waals surface area contributed by atoms with E-state index >= 15 is 0 Å². The number of aliphatic imine (C=N–C) groups is 1. The number of nitrogens with one attached hydrogen (secondary N) is 1. The Balaban J connectivity index is 0. The normalized spacial score (nSPS) is 11.6. The molecule has 3 nitrogen and oxygen atoms in total. The van der Waals surface area contributed by atoms with Crippen LogP contribution in [0, 0.1) is 0 Å². The fourth-order valence-electron chi connectivity index (χ4n) is 0.503. The molecule has 3 heteroatoms. The van der Waals surface area contributed by atoms with Gasteiger partial charge in [-0.2, -0.15) is 0 Å². The van der Waals surface area contributed by atoms with Gasteiger partial charge in [-0.3, -0.25) is 9.79 Å². The Bertz CT molecular complexity index is 209. The summed E-state index contributed by atoms with van der Waals surface area (Å²) < 4.78 is 0. The SMILES string of the molecule is C=C/C(=C\N=CC)C(=O)NC.[HH]. The number of nitrogens with zero attached hydrogens (tertiary/aromatic N) is 1. The van der Waals surface area contributed by atoms with Gasteiger partial charge >= 0.3 is 0 Å². The van der Waals surface area contributed by atoms with Crippen molar-refractivity contribution in [3.63, 3.8) is 0 Å². The van der Waals surface area contributed by atoms with Gasteiger partial charge in [-0.25, -0.2) is 0 Å². The summed E-state index contributed by atoms with van der Waals surface area (Å²) in [5, 5.41) is 2.47. The Labute approximate surface area is 68.0 Å². The van der Waals surface area contributed by atoms with Crippen molar-refractivity contribution in [2.24, 2.45) is 4.99 Å². The highest BCUT2D eigenvalue weighted by Crippen LogP contribution is 1.94. The molecule has 62 valence electrons. The molecule has 0 aliphatic carbocycles. The number of likely N-dealkylation sites (N-methyl/N-ethyl adjacent to an activating group) is 1. The van der Waals surface area contributed by atoms with Crippen LogP contribution in [-0.4, -0.2) is 19.2 Å². The maximum atomic E-state index is 10.9. The average molecular weight is 154 g/mol. The summed E-state index contributed by atoms with van der Waals surface area (Å²) in [6.45, 7) is 5.26. The summed E-state index contributed by atoms with van der Waals surface area (Å²) in [6.07, 6.45) is 4.53. The lowest BCUT2D eigenvalue weighted by Crippen LogP contribution is -2.18. The monoisotopic (exact) mass is 154 g/mol.